The Morgan fingerprint density at radius 3 is 2.54 bits per heavy atom. The van der Waals surface area contributed by atoms with E-state index in [1.54, 1.807) is 24.5 Å². The molecule has 2 heterocycles. The quantitative estimate of drug-likeness (QED) is 0.410. The summed E-state index contributed by atoms with van der Waals surface area (Å²) in [6.07, 6.45) is 0.410. The van der Waals surface area contributed by atoms with E-state index in [0.717, 1.165) is 43.1 Å². The normalized spacial score (nSPS) is 15.7. The van der Waals surface area contributed by atoms with Gasteiger partial charge in [0.05, 0.1) is 24.1 Å². The molecule has 1 aliphatic carbocycles. The molecule has 3 aromatic rings. The van der Waals surface area contributed by atoms with Crippen LogP contribution in [0, 0.1) is 6.92 Å². The highest BCUT2D eigenvalue weighted by molar-refractivity contribution is 7.93. The molecular formula is C25H29F3N4O3S2. The molecular weight excluding hydrogens is 525 g/mol. The van der Waals surface area contributed by atoms with Crippen molar-refractivity contribution in [3.63, 3.8) is 0 Å². The molecule has 0 bridgehead atoms. The van der Waals surface area contributed by atoms with E-state index in [2.05, 4.69) is 15.3 Å². The molecule has 0 atom stereocenters. The number of carbonyl (C=O) groups is 1. The van der Waals surface area contributed by atoms with Crippen LogP contribution in [0.3, 0.4) is 0 Å². The predicted octanol–water partition coefficient (Wildman–Crippen LogP) is 5.27. The maximum atomic E-state index is 13.7. The second-order valence-electron chi connectivity index (χ2n) is 9.54. The number of nitrogens with zero attached hydrogens (tertiary/aromatic N) is 3. The van der Waals surface area contributed by atoms with Crippen LogP contribution in [-0.2, 0) is 34.5 Å². The minimum atomic E-state index is -4.50. The number of rotatable bonds is 8. The Hall–Kier alpha value is -2.73. The maximum Gasteiger partial charge on any atom is 0.416 e. The van der Waals surface area contributed by atoms with E-state index in [4.69, 9.17) is 0 Å². The molecule has 1 fully saturated rings. The minimum absolute atomic E-state index is 0.0124. The first-order chi connectivity index (χ1) is 17.4. The third kappa shape index (κ3) is 5.59. The smallest absolute Gasteiger partial charge is 0.344 e. The van der Waals surface area contributed by atoms with Crippen LogP contribution < -0.4 is 5.32 Å². The lowest BCUT2D eigenvalue weighted by molar-refractivity contribution is -0.138. The molecule has 200 valence electrons. The van der Waals surface area contributed by atoms with Gasteiger partial charge >= 0.3 is 6.18 Å². The van der Waals surface area contributed by atoms with Gasteiger partial charge in [-0.1, -0.05) is 44.9 Å². The van der Waals surface area contributed by atoms with Crippen molar-refractivity contribution in [1.29, 1.82) is 0 Å². The highest BCUT2D eigenvalue weighted by Crippen LogP contribution is 2.41. The molecule has 0 spiro atoms. The fraction of sp³-hybridized carbons (Fsp3) is 0.480. The maximum absolute atomic E-state index is 13.7. The van der Waals surface area contributed by atoms with Gasteiger partial charge in [0.1, 0.15) is 20.7 Å². The molecule has 0 radical (unpaired) electrons. The van der Waals surface area contributed by atoms with Crippen LogP contribution in [0.1, 0.15) is 77.7 Å². The largest absolute Gasteiger partial charge is 0.416 e. The van der Waals surface area contributed by atoms with Gasteiger partial charge in [-0.15, -0.1) is 11.3 Å². The summed E-state index contributed by atoms with van der Waals surface area (Å²) in [7, 11) is -3.39. The van der Waals surface area contributed by atoms with Crippen molar-refractivity contribution in [1.82, 2.24) is 19.9 Å². The molecule has 0 saturated heterocycles. The second kappa shape index (κ2) is 10.2. The van der Waals surface area contributed by atoms with E-state index < -0.39 is 27.5 Å². The summed E-state index contributed by atoms with van der Waals surface area (Å²) in [5, 5.41) is 3.17. The van der Waals surface area contributed by atoms with Crippen molar-refractivity contribution in [2.75, 3.05) is 5.75 Å². The second-order valence-corrected chi connectivity index (χ2v) is 13.2. The van der Waals surface area contributed by atoms with Crippen molar-refractivity contribution in [2.45, 2.75) is 75.3 Å². The topological polar surface area (TPSA) is 93.9 Å². The zero-order valence-electron chi connectivity index (χ0n) is 20.9. The molecule has 1 amide bonds. The summed E-state index contributed by atoms with van der Waals surface area (Å²) in [6, 6.07) is 5.45. The Morgan fingerprint density at radius 1 is 1.22 bits per heavy atom. The summed E-state index contributed by atoms with van der Waals surface area (Å²) in [6.45, 7) is 5.23. The number of amides is 1. The van der Waals surface area contributed by atoms with Crippen LogP contribution in [0.2, 0.25) is 0 Å². The van der Waals surface area contributed by atoms with Crippen molar-refractivity contribution in [2.24, 2.45) is 0 Å². The predicted molar refractivity (Wildman–Crippen MR) is 134 cm³/mol. The lowest BCUT2D eigenvalue weighted by Crippen LogP contribution is -2.25. The molecule has 37 heavy (non-hydrogen) atoms. The third-order valence-corrected chi connectivity index (χ3v) is 10.2. The van der Waals surface area contributed by atoms with E-state index in [1.807, 2.05) is 6.92 Å². The standard InChI is InChI=1S/C25H29F3N4O3S2/c1-4-37(34,35)20-14-29-19(36-20)13-30-22(33)21-16(2)32(23(31-21)24(3)11-7-8-12-24)15-17-9-5-6-10-18(17)25(26,27)28/h5-6,9-10,14H,4,7-8,11-13,15H2,1-3H3,(H,30,33). The minimum Gasteiger partial charge on any atom is -0.344 e. The number of aromatic nitrogens is 3. The van der Waals surface area contributed by atoms with Gasteiger partial charge in [0.25, 0.3) is 5.91 Å². The number of imidazole rings is 1. The van der Waals surface area contributed by atoms with Crippen molar-refractivity contribution < 1.29 is 26.4 Å². The molecule has 7 nitrogen and oxygen atoms in total. The summed E-state index contributed by atoms with van der Waals surface area (Å²) in [5.74, 6) is 0.0740. The average molecular weight is 555 g/mol. The Labute approximate surface area is 218 Å². The van der Waals surface area contributed by atoms with E-state index in [0.29, 0.717) is 16.5 Å². The zero-order chi connectivity index (χ0) is 27.0. The number of benzene rings is 1. The van der Waals surface area contributed by atoms with E-state index in [-0.39, 0.29) is 39.7 Å². The molecule has 0 aliphatic heterocycles. The summed E-state index contributed by atoms with van der Waals surface area (Å²) in [5.41, 5.74) is -0.331. The SMILES string of the molecule is CCS(=O)(=O)c1cnc(CNC(=O)c2nc(C3(C)CCCC3)n(Cc3ccccc3C(F)(F)F)c2C)s1. The lowest BCUT2D eigenvalue weighted by Gasteiger charge is -2.25. The molecule has 1 N–H and O–H groups in total. The van der Waals surface area contributed by atoms with E-state index in [9.17, 15) is 26.4 Å². The highest BCUT2D eigenvalue weighted by Gasteiger charge is 2.38. The number of carbonyl (C=O) groups excluding carboxylic acids is 1. The Morgan fingerprint density at radius 2 is 1.89 bits per heavy atom. The molecule has 12 heteroatoms. The summed E-state index contributed by atoms with van der Waals surface area (Å²) < 4.78 is 67.0. The number of hydrogen-bond donors (Lipinski definition) is 1. The van der Waals surface area contributed by atoms with Gasteiger partial charge in [0.15, 0.2) is 9.84 Å². The lowest BCUT2D eigenvalue weighted by atomic mass is 9.87. The Bertz CT molecular complexity index is 1400. The van der Waals surface area contributed by atoms with Gasteiger partial charge in [-0.05, 0) is 31.4 Å². The van der Waals surface area contributed by atoms with Crippen LogP contribution in [0.25, 0.3) is 0 Å². The third-order valence-electron chi connectivity index (χ3n) is 6.95. The summed E-state index contributed by atoms with van der Waals surface area (Å²) in [4.78, 5) is 21.9. The van der Waals surface area contributed by atoms with Crippen LogP contribution in [0.5, 0.6) is 0 Å². The van der Waals surface area contributed by atoms with Gasteiger partial charge in [0.2, 0.25) is 0 Å². The average Bonchev–Trinajstić information content (AvgIpc) is 3.58. The van der Waals surface area contributed by atoms with Gasteiger partial charge in [0, 0.05) is 17.7 Å². The summed E-state index contributed by atoms with van der Waals surface area (Å²) >= 11 is 0.994. The fourth-order valence-corrected chi connectivity index (χ4v) is 7.02. The number of nitrogens with one attached hydrogen (secondary N) is 1. The molecule has 1 saturated carbocycles. The van der Waals surface area contributed by atoms with Crippen molar-refractivity contribution in [3.05, 3.63) is 63.8 Å². The molecule has 4 rings (SSSR count). The number of sulfone groups is 1. The van der Waals surface area contributed by atoms with Gasteiger partial charge < -0.3 is 9.88 Å². The Kier molecular flexibility index (Phi) is 7.53. The van der Waals surface area contributed by atoms with Gasteiger partial charge in [-0.2, -0.15) is 13.2 Å². The van der Waals surface area contributed by atoms with Gasteiger partial charge in [-0.25, -0.2) is 18.4 Å². The monoisotopic (exact) mass is 554 g/mol. The fourth-order valence-electron chi connectivity index (χ4n) is 4.79. The van der Waals surface area contributed by atoms with Crippen LogP contribution in [-0.4, -0.2) is 34.6 Å². The molecule has 1 aliphatic rings. The van der Waals surface area contributed by atoms with Crippen molar-refractivity contribution in [3.8, 4) is 0 Å². The van der Waals surface area contributed by atoms with Crippen LogP contribution in [0.4, 0.5) is 13.2 Å². The Balaban J connectivity index is 1.65. The highest BCUT2D eigenvalue weighted by atomic mass is 32.2. The van der Waals surface area contributed by atoms with Crippen LogP contribution in [0.15, 0.2) is 34.7 Å². The first-order valence-electron chi connectivity index (χ1n) is 12.0. The first-order valence-corrected chi connectivity index (χ1v) is 14.5. The first kappa shape index (κ1) is 27.3. The van der Waals surface area contributed by atoms with E-state index >= 15 is 0 Å². The van der Waals surface area contributed by atoms with Crippen LogP contribution >= 0.6 is 11.3 Å². The zero-order valence-corrected chi connectivity index (χ0v) is 22.5. The number of halogens is 3. The molecule has 0 unspecified atom stereocenters. The van der Waals surface area contributed by atoms with Gasteiger partial charge in [-0.3, -0.25) is 4.79 Å². The van der Waals surface area contributed by atoms with Crippen molar-refractivity contribution >= 4 is 27.1 Å². The number of thiazole rings is 1. The number of hydrogen-bond acceptors (Lipinski definition) is 6. The molecule has 1 aromatic carbocycles. The van der Waals surface area contributed by atoms with E-state index in [1.165, 1.54) is 18.3 Å². The molecule has 2 aromatic heterocycles. The number of alkyl halides is 3.